The Morgan fingerprint density at radius 1 is 0.364 bits per heavy atom. The molecule has 0 aliphatic rings. The van der Waals surface area contributed by atoms with Crippen LogP contribution in [0.5, 0.6) is 0 Å². The second-order valence-corrected chi connectivity index (χ2v) is 6.47. The lowest BCUT2D eigenvalue weighted by Crippen LogP contribution is -2.02. The van der Waals surface area contributed by atoms with Gasteiger partial charge in [0.2, 0.25) is 0 Å². The molecule has 2 heteroatoms. The molecule has 134 valence electrons. The Kier molecular flexibility index (Phi) is 20.8. The van der Waals surface area contributed by atoms with Crippen LogP contribution >= 0.6 is 0 Å². The van der Waals surface area contributed by atoms with Gasteiger partial charge in [-0.1, -0.05) is 84.5 Å². The number of rotatable bonds is 19. The molecule has 0 spiro atoms. The van der Waals surface area contributed by atoms with Crippen LogP contribution in [0.3, 0.4) is 0 Å². The summed E-state index contributed by atoms with van der Waals surface area (Å²) >= 11 is 0. The van der Waals surface area contributed by atoms with Crippen LogP contribution in [0.15, 0.2) is 0 Å². The van der Waals surface area contributed by atoms with E-state index in [1.54, 1.807) is 0 Å². The summed E-state index contributed by atoms with van der Waals surface area (Å²) in [6.45, 7) is 7.97. The molecule has 0 radical (unpaired) electrons. The summed E-state index contributed by atoms with van der Waals surface area (Å²) in [6.07, 6.45) is 19.0. The Hall–Kier alpha value is -0.0800. The molecule has 0 unspecified atom stereocenters. The van der Waals surface area contributed by atoms with Gasteiger partial charge < -0.3 is 9.47 Å². The van der Waals surface area contributed by atoms with Crippen LogP contribution < -0.4 is 0 Å². The van der Waals surface area contributed by atoms with Crippen molar-refractivity contribution in [3.63, 3.8) is 0 Å². The van der Waals surface area contributed by atoms with Gasteiger partial charge in [-0.15, -0.1) is 0 Å². The highest BCUT2D eigenvalue weighted by molar-refractivity contribution is 4.48. The highest BCUT2D eigenvalue weighted by Crippen LogP contribution is 2.11. The van der Waals surface area contributed by atoms with Gasteiger partial charge in [0.15, 0.2) is 0 Å². The maximum absolute atomic E-state index is 5.63. The first-order valence-electron chi connectivity index (χ1n) is 10.1. The lowest BCUT2D eigenvalue weighted by atomic mass is 10.1. The molecule has 0 aliphatic carbocycles. The van der Waals surface area contributed by atoms with E-state index in [-0.39, 0.29) is 0 Å². The second-order valence-electron chi connectivity index (χ2n) is 6.47. The SMILES string of the molecule is CCCCCCCCCCCCCCOCCCOCCC. The minimum absolute atomic E-state index is 0.853. The van der Waals surface area contributed by atoms with Crippen molar-refractivity contribution >= 4 is 0 Å². The highest BCUT2D eigenvalue weighted by Gasteiger charge is 1.94. The van der Waals surface area contributed by atoms with Gasteiger partial charge >= 0.3 is 0 Å². The fraction of sp³-hybridized carbons (Fsp3) is 1.00. The van der Waals surface area contributed by atoms with Crippen molar-refractivity contribution in [2.45, 2.75) is 104 Å². The van der Waals surface area contributed by atoms with E-state index in [4.69, 9.17) is 9.47 Å². The van der Waals surface area contributed by atoms with Crippen LogP contribution in [0.4, 0.5) is 0 Å². The van der Waals surface area contributed by atoms with Crippen molar-refractivity contribution in [3.8, 4) is 0 Å². The molecule has 0 aromatic carbocycles. The van der Waals surface area contributed by atoms with Gasteiger partial charge in [-0.05, 0) is 19.3 Å². The Labute approximate surface area is 140 Å². The summed E-state index contributed by atoms with van der Waals surface area (Å²) in [5.41, 5.74) is 0. The Morgan fingerprint density at radius 3 is 1.27 bits per heavy atom. The molecule has 22 heavy (non-hydrogen) atoms. The molecule has 2 nitrogen and oxygen atoms in total. The average Bonchev–Trinajstić information content (AvgIpc) is 2.54. The van der Waals surface area contributed by atoms with Gasteiger partial charge in [0.05, 0.1) is 0 Å². The van der Waals surface area contributed by atoms with Gasteiger partial charge in [-0.2, -0.15) is 0 Å². The fourth-order valence-corrected chi connectivity index (χ4v) is 2.66. The van der Waals surface area contributed by atoms with Gasteiger partial charge in [0.1, 0.15) is 0 Å². The number of ether oxygens (including phenoxy) is 2. The normalized spacial score (nSPS) is 11.2. The molecule has 0 aromatic rings. The summed E-state index contributed by atoms with van der Waals surface area (Å²) in [7, 11) is 0. The minimum atomic E-state index is 0.853. The van der Waals surface area contributed by atoms with E-state index < -0.39 is 0 Å². The zero-order valence-electron chi connectivity index (χ0n) is 15.5. The molecule has 0 aliphatic heterocycles. The Morgan fingerprint density at radius 2 is 0.773 bits per heavy atom. The molecular weight excluding hydrogens is 272 g/mol. The van der Waals surface area contributed by atoms with Crippen LogP contribution in [0.2, 0.25) is 0 Å². The summed E-state index contributed by atoms with van der Waals surface area (Å²) in [4.78, 5) is 0. The van der Waals surface area contributed by atoms with Crippen molar-refractivity contribution in [3.05, 3.63) is 0 Å². The predicted molar refractivity (Wildman–Crippen MR) is 97.6 cm³/mol. The van der Waals surface area contributed by atoms with Crippen molar-refractivity contribution < 1.29 is 9.47 Å². The quantitative estimate of drug-likeness (QED) is 0.253. The molecule has 0 heterocycles. The van der Waals surface area contributed by atoms with Gasteiger partial charge in [0, 0.05) is 26.4 Å². The minimum Gasteiger partial charge on any atom is -0.381 e. The number of unbranched alkanes of at least 4 members (excludes halogenated alkanes) is 11. The van der Waals surface area contributed by atoms with Gasteiger partial charge in [0.25, 0.3) is 0 Å². The van der Waals surface area contributed by atoms with E-state index in [2.05, 4.69) is 13.8 Å². The van der Waals surface area contributed by atoms with E-state index in [0.717, 1.165) is 39.3 Å². The lowest BCUT2D eigenvalue weighted by Gasteiger charge is -2.05. The first-order valence-corrected chi connectivity index (χ1v) is 10.1. The van der Waals surface area contributed by atoms with Crippen molar-refractivity contribution in [2.75, 3.05) is 26.4 Å². The molecule has 0 aromatic heterocycles. The fourth-order valence-electron chi connectivity index (χ4n) is 2.66. The van der Waals surface area contributed by atoms with Crippen LogP contribution in [-0.2, 0) is 9.47 Å². The molecule has 0 saturated heterocycles. The molecule has 0 amide bonds. The summed E-state index contributed by atoms with van der Waals surface area (Å²) in [6, 6.07) is 0. The third kappa shape index (κ3) is 19.9. The van der Waals surface area contributed by atoms with Crippen LogP contribution in [0.25, 0.3) is 0 Å². The van der Waals surface area contributed by atoms with E-state index in [1.807, 2.05) is 0 Å². The Bertz CT molecular complexity index is 163. The van der Waals surface area contributed by atoms with Gasteiger partial charge in [-0.3, -0.25) is 0 Å². The third-order valence-electron chi connectivity index (χ3n) is 4.07. The molecular formula is C20H42O2. The molecule has 0 atom stereocenters. The zero-order valence-corrected chi connectivity index (χ0v) is 15.5. The van der Waals surface area contributed by atoms with E-state index >= 15 is 0 Å². The average molecular weight is 315 g/mol. The summed E-state index contributed by atoms with van der Waals surface area (Å²) in [5.74, 6) is 0. The van der Waals surface area contributed by atoms with Crippen molar-refractivity contribution in [2.24, 2.45) is 0 Å². The maximum atomic E-state index is 5.63. The van der Waals surface area contributed by atoms with E-state index in [0.29, 0.717) is 0 Å². The number of hydrogen-bond donors (Lipinski definition) is 0. The van der Waals surface area contributed by atoms with Crippen LogP contribution in [-0.4, -0.2) is 26.4 Å². The standard InChI is InChI=1S/C20H42O2/c1-3-5-6-7-8-9-10-11-12-13-14-15-18-22-20-16-19-21-17-4-2/h3-20H2,1-2H3. The highest BCUT2D eigenvalue weighted by atomic mass is 16.5. The van der Waals surface area contributed by atoms with E-state index in [9.17, 15) is 0 Å². The zero-order chi connectivity index (χ0) is 16.1. The molecule has 0 saturated carbocycles. The van der Waals surface area contributed by atoms with Crippen molar-refractivity contribution in [1.82, 2.24) is 0 Å². The first kappa shape index (κ1) is 21.9. The van der Waals surface area contributed by atoms with E-state index in [1.165, 1.54) is 77.0 Å². The second kappa shape index (κ2) is 20.9. The Balaban J connectivity index is 2.91. The molecule has 0 bridgehead atoms. The summed E-state index contributed by atoms with van der Waals surface area (Å²) in [5, 5.41) is 0. The lowest BCUT2D eigenvalue weighted by molar-refractivity contribution is 0.0813. The molecule has 0 rings (SSSR count). The van der Waals surface area contributed by atoms with Crippen molar-refractivity contribution in [1.29, 1.82) is 0 Å². The molecule has 0 N–H and O–H groups in total. The smallest absolute Gasteiger partial charge is 0.0487 e. The predicted octanol–water partition coefficient (Wildman–Crippen LogP) is 6.52. The van der Waals surface area contributed by atoms with Crippen LogP contribution in [0, 0.1) is 0 Å². The van der Waals surface area contributed by atoms with Crippen LogP contribution in [0.1, 0.15) is 104 Å². The largest absolute Gasteiger partial charge is 0.381 e. The third-order valence-corrected chi connectivity index (χ3v) is 4.07. The topological polar surface area (TPSA) is 18.5 Å². The maximum Gasteiger partial charge on any atom is 0.0487 e. The molecule has 0 fully saturated rings. The monoisotopic (exact) mass is 314 g/mol. The summed E-state index contributed by atoms with van der Waals surface area (Å²) < 4.78 is 11.0. The number of hydrogen-bond acceptors (Lipinski definition) is 2. The first-order chi connectivity index (χ1) is 10.9. The van der Waals surface area contributed by atoms with Gasteiger partial charge in [-0.25, -0.2) is 0 Å².